The van der Waals surface area contributed by atoms with E-state index in [-0.39, 0.29) is 5.41 Å². The molecule has 2 aromatic carbocycles. The lowest BCUT2D eigenvalue weighted by Crippen LogP contribution is -2.23. The zero-order chi connectivity index (χ0) is 17.3. The molecule has 4 aliphatic carbocycles. The zero-order valence-electron chi connectivity index (χ0n) is 15.4. The van der Waals surface area contributed by atoms with Crippen LogP contribution in [-0.4, -0.2) is 6.61 Å². The quantitative estimate of drug-likeness (QED) is 0.624. The van der Waals surface area contributed by atoms with Gasteiger partial charge in [-0.2, -0.15) is 0 Å². The summed E-state index contributed by atoms with van der Waals surface area (Å²) in [6.45, 7) is 2.98. The van der Waals surface area contributed by atoms with Crippen LogP contribution in [0.1, 0.15) is 43.7 Å². The van der Waals surface area contributed by atoms with Crippen LogP contribution in [0.2, 0.25) is 0 Å². The van der Waals surface area contributed by atoms with Gasteiger partial charge in [-0.1, -0.05) is 49.4 Å². The Hall–Kier alpha value is -2.02. The minimum absolute atomic E-state index is 0.218. The van der Waals surface area contributed by atoms with Crippen molar-refractivity contribution in [3.05, 3.63) is 65.7 Å². The van der Waals surface area contributed by atoms with Crippen LogP contribution >= 0.6 is 0 Å². The van der Waals surface area contributed by atoms with Gasteiger partial charge in [0.1, 0.15) is 5.75 Å². The van der Waals surface area contributed by atoms with E-state index < -0.39 is 0 Å². The lowest BCUT2D eigenvalue weighted by atomic mass is 9.74. The van der Waals surface area contributed by atoms with Crippen molar-refractivity contribution in [2.45, 2.75) is 38.0 Å². The molecular formula is C25H26O. The van der Waals surface area contributed by atoms with Gasteiger partial charge in [0.25, 0.3) is 0 Å². The van der Waals surface area contributed by atoms with Crippen molar-refractivity contribution in [3.8, 4) is 16.9 Å². The Morgan fingerprint density at radius 3 is 2.42 bits per heavy atom. The SMILES string of the molecule is CCCOc1ccc2c(c1)C1(CC3C4C=CC(C4)C3C1)c1ccccc1-2. The molecule has 4 atom stereocenters. The summed E-state index contributed by atoms with van der Waals surface area (Å²) in [5.41, 5.74) is 6.25. The van der Waals surface area contributed by atoms with Crippen LogP contribution in [0.5, 0.6) is 5.75 Å². The van der Waals surface area contributed by atoms with Gasteiger partial charge >= 0.3 is 0 Å². The molecule has 1 spiro atoms. The summed E-state index contributed by atoms with van der Waals surface area (Å²) < 4.78 is 6.02. The minimum atomic E-state index is 0.218. The molecular weight excluding hydrogens is 316 g/mol. The molecule has 4 aliphatic rings. The fraction of sp³-hybridized carbons (Fsp3) is 0.440. The minimum Gasteiger partial charge on any atom is -0.494 e. The standard InChI is InChI=1S/C25H26O/c1-2-11-26-18-9-10-20-19-5-3-4-6-23(19)25(24(20)13-18)14-21-16-7-8-17(12-16)22(21)15-25/h3-10,13,16-17,21-22H,2,11-12,14-15H2,1H3. The number of fused-ring (bicyclic) bond motifs is 10. The van der Waals surface area contributed by atoms with Crippen molar-refractivity contribution in [3.63, 3.8) is 0 Å². The first-order valence-electron chi connectivity index (χ1n) is 10.4. The van der Waals surface area contributed by atoms with Crippen LogP contribution in [0.15, 0.2) is 54.6 Å². The molecule has 0 heterocycles. The fourth-order valence-electron chi connectivity index (χ4n) is 6.70. The van der Waals surface area contributed by atoms with Gasteiger partial charge in [0, 0.05) is 5.41 Å². The summed E-state index contributed by atoms with van der Waals surface area (Å²) in [6.07, 6.45) is 10.2. The monoisotopic (exact) mass is 342 g/mol. The van der Waals surface area contributed by atoms with Crippen molar-refractivity contribution >= 4 is 0 Å². The lowest BCUT2D eigenvalue weighted by molar-refractivity contribution is 0.316. The fourth-order valence-corrected chi connectivity index (χ4v) is 6.70. The molecule has 0 radical (unpaired) electrons. The summed E-state index contributed by atoms with van der Waals surface area (Å²) in [5.74, 6) is 4.48. The molecule has 0 N–H and O–H groups in total. The van der Waals surface area contributed by atoms with E-state index in [0.717, 1.165) is 42.4 Å². The van der Waals surface area contributed by atoms with Crippen molar-refractivity contribution in [2.75, 3.05) is 6.61 Å². The highest BCUT2D eigenvalue weighted by Gasteiger charge is 2.58. The van der Waals surface area contributed by atoms with Crippen LogP contribution in [0.4, 0.5) is 0 Å². The van der Waals surface area contributed by atoms with Crippen molar-refractivity contribution < 1.29 is 4.74 Å². The molecule has 2 aromatic rings. The highest BCUT2D eigenvalue weighted by molar-refractivity contribution is 5.82. The number of allylic oxidation sites excluding steroid dienone is 2. The number of benzene rings is 2. The van der Waals surface area contributed by atoms with Crippen LogP contribution in [0.3, 0.4) is 0 Å². The van der Waals surface area contributed by atoms with Gasteiger partial charge in [-0.25, -0.2) is 0 Å². The van der Waals surface area contributed by atoms with Gasteiger partial charge in [0.15, 0.2) is 0 Å². The molecule has 132 valence electrons. The third-order valence-electron chi connectivity index (χ3n) is 7.68. The number of rotatable bonds is 3. The third kappa shape index (κ3) is 1.82. The largest absolute Gasteiger partial charge is 0.494 e. The second-order valence-electron chi connectivity index (χ2n) is 8.87. The second kappa shape index (κ2) is 5.25. The van der Waals surface area contributed by atoms with Gasteiger partial charge in [0.05, 0.1) is 6.61 Å². The van der Waals surface area contributed by atoms with E-state index in [9.17, 15) is 0 Å². The van der Waals surface area contributed by atoms with Gasteiger partial charge in [0.2, 0.25) is 0 Å². The van der Waals surface area contributed by atoms with E-state index in [4.69, 9.17) is 4.74 Å². The average Bonchev–Trinajstić information content (AvgIpc) is 3.42. The summed E-state index contributed by atoms with van der Waals surface area (Å²) in [7, 11) is 0. The van der Waals surface area contributed by atoms with E-state index in [1.165, 1.54) is 30.4 Å². The Morgan fingerprint density at radius 2 is 1.65 bits per heavy atom. The molecule has 6 rings (SSSR count). The van der Waals surface area contributed by atoms with Crippen LogP contribution in [0.25, 0.3) is 11.1 Å². The maximum Gasteiger partial charge on any atom is 0.119 e. The Bertz CT molecular complexity index is 888. The Morgan fingerprint density at radius 1 is 0.923 bits per heavy atom. The molecule has 0 amide bonds. The van der Waals surface area contributed by atoms with Crippen molar-refractivity contribution in [1.82, 2.24) is 0 Å². The molecule has 4 unspecified atom stereocenters. The van der Waals surface area contributed by atoms with E-state index in [1.54, 1.807) is 11.1 Å². The molecule has 1 heteroatoms. The summed E-state index contributed by atoms with van der Waals surface area (Å²) in [4.78, 5) is 0. The molecule has 1 nitrogen and oxygen atoms in total. The number of ether oxygens (including phenoxy) is 1. The molecule has 26 heavy (non-hydrogen) atoms. The van der Waals surface area contributed by atoms with Gasteiger partial charge in [-0.3, -0.25) is 0 Å². The molecule has 2 fully saturated rings. The highest BCUT2D eigenvalue weighted by atomic mass is 16.5. The van der Waals surface area contributed by atoms with E-state index in [1.807, 2.05) is 0 Å². The van der Waals surface area contributed by atoms with Crippen LogP contribution in [-0.2, 0) is 5.41 Å². The number of hydrogen-bond donors (Lipinski definition) is 0. The topological polar surface area (TPSA) is 9.23 Å². The van der Waals surface area contributed by atoms with Crippen molar-refractivity contribution in [2.24, 2.45) is 23.7 Å². The Labute approximate surface area is 156 Å². The Balaban J connectivity index is 1.50. The summed E-state index contributed by atoms with van der Waals surface area (Å²) in [5, 5.41) is 0. The lowest BCUT2D eigenvalue weighted by Gasteiger charge is -2.29. The van der Waals surface area contributed by atoms with Gasteiger partial charge in [-0.15, -0.1) is 0 Å². The van der Waals surface area contributed by atoms with Crippen LogP contribution < -0.4 is 4.74 Å². The van der Waals surface area contributed by atoms with E-state index in [0.29, 0.717) is 0 Å². The Kier molecular flexibility index (Phi) is 3.05. The van der Waals surface area contributed by atoms with Crippen molar-refractivity contribution in [1.29, 1.82) is 0 Å². The van der Waals surface area contributed by atoms with Gasteiger partial charge in [-0.05, 0) is 83.7 Å². The average molecular weight is 342 g/mol. The highest BCUT2D eigenvalue weighted by Crippen LogP contribution is 2.67. The first kappa shape index (κ1) is 15.1. The first-order valence-corrected chi connectivity index (χ1v) is 10.4. The predicted molar refractivity (Wildman–Crippen MR) is 105 cm³/mol. The zero-order valence-corrected chi connectivity index (χ0v) is 15.4. The summed E-state index contributed by atoms with van der Waals surface area (Å²) >= 11 is 0. The molecule has 0 aromatic heterocycles. The first-order chi connectivity index (χ1) is 12.8. The summed E-state index contributed by atoms with van der Waals surface area (Å²) in [6, 6.07) is 16.0. The molecule has 0 saturated heterocycles. The van der Waals surface area contributed by atoms with E-state index in [2.05, 4.69) is 61.5 Å². The van der Waals surface area contributed by atoms with E-state index >= 15 is 0 Å². The normalized spacial score (nSPS) is 35.0. The smallest absolute Gasteiger partial charge is 0.119 e. The maximum atomic E-state index is 6.02. The molecule has 2 saturated carbocycles. The third-order valence-corrected chi connectivity index (χ3v) is 7.68. The maximum absolute atomic E-state index is 6.02. The number of hydrogen-bond acceptors (Lipinski definition) is 1. The van der Waals surface area contributed by atoms with Gasteiger partial charge < -0.3 is 4.74 Å². The molecule has 2 bridgehead atoms. The molecule has 0 aliphatic heterocycles. The second-order valence-corrected chi connectivity index (χ2v) is 8.87. The predicted octanol–water partition coefficient (Wildman–Crippen LogP) is 5.97. The van der Waals surface area contributed by atoms with Crippen LogP contribution in [0, 0.1) is 23.7 Å².